The van der Waals surface area contributed by atoms with Crippen molar-refractivity contribution in [3.8, 4) is 11.5 Å². The summed E-state index contributed by atoms with van der Waals surface area (Å²) in [5.74, 6) is 3.97. The minimum absolute atomic E-state index is 0.585. The first-order valence-corrected chi connectivity index (χ1v) is 7.43. The lowest BCUT2D eigenvalue weighted by atomic mass is 9.98. The van der Waals surface area contributed by atoms with Crippen LogP contribution in [-0.2, 0) is 12.8 Å². The van der Waals surface area contributed by atoms with Crippen molar-refractivity contribution in [2.75, 3.05) is 13.2 Å². The van der Waals surface area contributed by atoms with E-state index in [4.69, 9.17) is 13.9 Å². The van der Waals surface area contributed by atoms with Gasteiger partial charge in [-0.25, -0.2) is 4.98 Å². The Labute approximate surface area is 125 Å². The van der Waals surface area contributed by atoms with Crippen molar-refractivity contribution in [1.82, 2.24) is 4.98 Å². The molecule has 0 aliphatic carbocycles. The number of oxazole rings is 1. The van der Waals surface area contributed by atoms with Crippen LogP contribution in [0.4, 0.5) is 0 Å². The third-order valence-corrected chi connectivity index (χ3v) is 3.74. The molecular formula is C17H21NO3. The van der Waals surface area contributed by atoms with E-state index in [0.717, 1.165) is 42.4 Å². The summed E-state index contributed by atoms with van der Waals surface area (Å²) in [6, 6.07) is 6.11. The zero-order valence-electron chi connectivity index (χ0n) is 12.8. The predicted octanol–water partition coefficient (Wildman–Crippen LogP) is 3.48. The molecule has 0 spiro atoms. The van der Waals surface area contributed by atoms with Crippen LogP contribution in [0.5, 0.6) is 11.5 Å². The van der Waals surface area contributed by atoms with Gasteiger partial charge in [-0.05, 0) is 30.9 Å². The van der Waals surface area contributed by atoms with Gasteiger partial charge in [0.15, 0.2) is 5.89 Å². The Hall–Kier alpha value is -1.97. The fourth-order valence-electron chi connectivity index (χ4n) is 2.66. The van der Waals surface area contributed by atoms with Crippen molar-refractivity contribution in [2.24, 2.45) is 5.92 Å². The molecule has 2 heterocycles. The minimum atomic E-state index is 0.585. The highest BCUT2D eigenvalue weighted by Crippen LogP contribution is 2.30. The first-order valence-electron chi connectivity index (χ1n) is 7.43. The van der Waals surface area contributed by atoms with Gasteiger partial charge in [0.1, 0.15) is 17.3 Å². The lowest BCUT2D eigenvalue weighted by molar-refractivity contribution is 0.231. The Bertz CT molecular complexity index is 633. The van der Waals surface area contributed by atoms with Gasteiger partial charge in [0.25, 0.3) is 0 Å². The molecule has 1 unspecified atom stereocenters. The number of aryl methyl sites for hydroxylation is 2. The molecule has 3 rings (SSSR count). The summed E-state index contributed by atoms with van der Waals surface area (Å²) in [5, 5.41) is 0. The van der Waals surface area contributed by atoms with Gasteiger partial charge < -0.3 is 13.9 Å². The molecule has 1 atom stereocenters. The lowest BCUT2D eigenvalue weighted by Gasteiger charge is -2.22. The number of nitrogens with zero attached hydrogens (tertiary/aromatic N) is 1. The van der Waals surface area contributed by atoms with Crippen LogP contribution in [0, 0.1) is 19.8 Å². The number of hydrogen-bond acceptors (Lipinski definition) is 4. The molecule has 1 aromatic carbocycles. The second-order valence-corrected chi connectivity index (χ2v) is 5.72. The Morgan fingerprint density at radius 1 is 1.33 bits per heavy atom. The van der Waals surface area contributed by atoms with Crippen LogP contribution in [-0.4, -0.2) is 18.2 Å². The summed E-state index contributed by atoms with van der Waals surface area (Å²) >= 11 is 0. The highest BCUT2D eigenvalue weighted by molar-refractivity contribution is 5.42. The second kappa shape index (κ2) is 5.80. The number of aromatic nitrogens is 1. The molecule has 4 nitrogen and oxygen atoms in total. The Morgan fingerprint density at radius 2 is 2.19 bits per heavy atom. The van der Waals surface area contributed by atoms with Crippen LogP contribution in [0.25, 0.3) is 0 Å². The fourth-order valence-corrected chi connectivity index (χ4v) is 2.66. The summed E-state index contributed by atoms with van der Waals surface area (Å²) in [5.41, 5.74) is 2.24. The number of ether oxygens (including phenoxy) is 2. The zero-order chi connectivity index (χ0) is 14.8. The van der Waals surface area contributed by atoms with Crippen molar-refractivity contribution in [3.63, 3.8) is 0 Å². The number of rotatable bonds is 4. The molecule has 2 aromatic rings. The lowest BCUT2D eigenvalue weighted by Crippen LogP contribution is -2.18. The van der Waals surface area contributed by atoms with E-state index in [1.54, 1.807) is 0 Å². The van der Waals surface area contributed by atoms with Gasteiger partial charge in [0.05, 0.1) is 18.9 Å². The number of benzene rings is 1. The standard InChI is InChI=1S/C17H21NO3/c1-11-8-14-4-5-15(9-17(14)20-10-11)19-7-6-16-12(2)21-13(3)18-16/h4-5,9,11H,6-8,10H2,1-3H3. The van der Waals surface area contributed by atoms with E-state index in [-0.39, 0.29) is 0 Å². The van der Waals surface area contributed by atoms with Gasteiger partial charge in [-0.2, -0.15) is 0 Å². The third-order valence-electron chi connectivity index (χ3n) is 3.74. The van der Waals surface area contributed by atoms with E-state index in [0.29, 0.717) is 18.4 Å². The Kier molecular flexibility index (Phi) is 3.86. The van der Waals surface area contributed by atoms with Crippen LogP contribution in [0.15, 0.2) is 22.6 Å². The average Bonchev–Trinajstić information content (AvgIpc) is 2.77. The summed E-state index contributed by atoms with van der Waals surface area (Å²) in [6.45, 7) is 7.37. The topological polar surface area (TPSA) is 44.5 Å². The average molecular weight is 287 g/mol. The summed E-state index contributed by atoms with van der Waals surface area (Å²) < 4.78 is 17.0. The maximum absolute atomic E-state index is 5.81. The maximum atomic E-state index is 5.81. The second-order valence-electron chi connectivity index (χ2n) is 5.72. The van der Waals surface area contributed by atoms with Crippen molar-refractivity contribution >= 4 is 0 Å². The van der Waals surface area contributed by atoms with E-state index >= 15 is 0 Å². The summed E-state index contributed by atoms with van der Waals surface area (Å²) in [7, 11) is 0. The van der Waals surface area contributed by atoms with Crippen molar-refractivity contribution in [3.05, 3.63) is 41.1 Å². The Balaban J connectivity index is 1.60. The molecule has 1 aliphatic rings. The molecule has 0 saturated heterocycles. The predicted molar refractivity (Wildman–Crippen MR) is 80.0 cm³/mol. The van der Waals surface area contributed by atoms with Crippen molar-refractivity contribution < 1.29 is 13.9 Å². The van der Waals surface area contributed by atoms with Crippen LogP contribution in [0.3, 0.4) is 0 Å². The largest absolute Gasteiger partial charge is 0.493 e. The molecule has 1 aliphatic heterocycles. The van der Waals surface area contributed by atoms with Crippen molar-refractivity contribution in [2.45, 2.75) is 33.6 Å². The van der Waals surface area contributed by atoms with E-state index < -0.39 is 0 Å². The third kappa shape index (κ3) is 3.20. The smallest absolute Gasteiger partial charge is 0.191 e. The summed E-state index contributed by atoms with van der Waals surface area (Å²) in [4.78, 5) is 4.35. The van der Waals surface area contributed by atoms with Gasteiger partial charge in [-0.3, -0.25) is 0 Å². The van der Waals surface area contributed by atoms with Crippen LogP contribution in [0.1, 0.15) is 29.8 Å². The first-order chi connectivity index (χ1) is 10.1. The van der Waals surface area contributed by atoms with E-state index in [1.807, 2.05) is 26.0 Å². The maximum Gasteiger partial charge on any atom is 0.191 e. The molecule has 0 amide bonds. The molecule has 0 bridgehead atoms. The fraction of sp³-hybridized carbons (Fsp3) is 0.471. The van der Waals surface area contributed by atoms with Gasteiger partial charge in [0.2, 0.25) is 0 Å². The zero-order valence-corrected chi connectivity index (χ0v) is 12.8. The van der Waals surface area contributed by atoms with Crippen LogP contribution >= 0.6 is 0 Å². The van der Waals surface area contributed by atoms with E-state index in [9.17, 15) is 0 Å². The molecule has 0 fully saturated rings. The summed E-state index contributed by atoms with van der Waals surface area (Å²) in [6.07, 6.45) is 1.82. The highest BCUT2D eigenvalue weighted by Gasteiger charge is 2.16. The molecule has 0 saturated carbocycles. The quantitative estimate of drug-likeness (QED) is 0.863. The number of hydrogen-bond donors (Lipinski definition) is 0. The van der Waals surface area contributed by atoms with E-state index in [1.165, 1.54) is 5.56 Å². The number of fused-ring (bicyclic) bond motifs is 1. The van der Waals surface area contributed by atoms with E-state index in [2.05, 4.69) is 18.0 Å². The highest BCUT2D eigenvalue weighted by atomic mass is 16.5. The monoisotopic (exact) mass is 287 g/mol. The van der Waals surface area contributed by atoms with Crippen LogP contribution < -0.4 is 9.47 Å². The molecule has 0 radical (unpaired) electrons. The van der Waals surface area contributed by atoms with Gasteiger partial charge in [-0.1, -0.05) is 13.0 Å². The molecule has 4 heteroatoms. The van der Waals surface area contributed by atoms with Gasteiger partial charge in [0, 0.05) is 19.4 Å². The SMILES string of the molecule is Cc1nc(CCOc2ccc3c(c2)OCC(C)C3)c(C)o1. The molecule has 21 heavy (non-hydrogen) atoms. The molecule has 0 N–H and O–H groups in total. The normalized spacial score (nSPS) is 17.2. The molecule has 1 aromatic heterocycles. The minimum Gasteiger partial charge on any atom is -0.493 e. The first kappa shape index (κ1) is 14.0. The Morgan fingerprint density at radius 3 is 2.95 bits per heavy atom. The van der Waals surface area contributed by atoms with Gasteiger partial charge in [-0.15, -0.1) is 0 Å². The van der Waals surface area contributed by atoms with Crippen LogP contribution in [0.2, 0.25) is 0 Å². The molecule has 112 valence electrons. The van der Waals surface area contributed by atoms with Gasteiger partial charge >= 0.3 is 0 Å². The van der Waals surface area contributed by atoms with Crippen molar-refractivity contribution in [1.29, 1.82) is 0 Å². The molecular weight excluding hydrogens is 266 g/mol.